The summed E-state index contributed by atoms with van der Waals surface area (Å²) in [6.45, 7) is 4.25. The summed E-state index contributed by atoms with van der Waals surface area (Å²) in [5.41, 5.74) is 2.33. The monoisotopic (exact) mass is 285 g/mol. The largest absolute Gasteiger partial charge is 0.317 e. The number of benzene rings is 1. The quantitative estimate of drug-likeness (QED) is 0.878. The first-order valence-electron chi connectivity index (χ1n) is 5.82. The molecule has 3 heteroatoms. The summed E-state index contributed by atoms with van der Waals surface area (Å²) in [6, 6.07) is 3.23. The Morgan fingerprint density at radius 3 is 2.75 bits per heavy atom. The van der Waals surface area contributed by atoms with E-state index in [-0.39, 0.29) is 5.82 Å². The number of halogens is 2. The Morgan fingerprint density at radius 1 is 1.38 bits per heavy atom. The molecule has 1 aliphatic heterocycles. The van der Waals surface area contributed by atoms with Gasteiger partial charge in [0.2, 0.25) is 0 Å². The molecular weight excluding hydrogens is 269 g/mol. The molecule has 1 nitrogen and oxygen atoms in total. The first kappa shape index (κ1) is 12.1. The van der Waals surface area contributed by atoms with Crippen molar-refractivity contribution in [1.29, 1.82) is 0 Å². The molecule has 0 saturated carbocycles. The van der Waals surface area contributed by atoms with E-state index in [2.05, 4.69) is 28.2 Å². The second kappa shape index (κ2) is 5.28. The molecule has 0 amide bonds. The van der Waals surface area contributed by atoms with Gasteiger partial charge >= 0.3 is 0 Å². The number of nitrogens with one attached hydrogen (secondary N) is 1. The van der Waals surface area contributed by atoms with Gasteiger partial charge in [-0.1, -0.05) is 15.9 Å². The zero-order valence-electron chi connectivity index (χ0n) is 9.52. The van der Waals surface area contributed by atoms with Gasteiger partial charge in [-0.15, -0.1) is 0 Å². The predicted molar refractivity (Wildman–Crippen MR) is 68.1 cm³/mol. The fraction of sp³-hybridized carbons (Fsp3) is 0.538. The lowest BCUT2D eigenvalue weighted by atomic mass is 9.89. The topological polar surface area (TPSA) is 12.0 Å². The lowest BCUT2D eigenvalue weighted by Crippen LogP contribution is -2.28. The van der Waals surface area contributed by atoms with Gasteiger partial charge in [0.25, 0.3) is 0 Å². The molecule has 88 valence electrons. The standard InChI is InChI=1S/C13H17BrFN/c1-9-11(7-12(15)8-13(9)14)6-10-2-4-16-5-3-10/h7-8,10,16H,2-6H2,1H3. The van der Waals surface area contributed by atoms with Gasteiger partial charge in [-0.25, -0.2) is 4.39 Å². The van der Waals surface area contributed by atoms with E-state index in [4.69, 9.17) is 0 Å². The Balaban J connectivity index is 2.13. The normalized spacial score (nSPS) is 17.7. The lowest BCUT2D eigenvalue weighted by Gasteiger charge is -2.23. The SMILES string of the molecule is Cc1c(Br)cc(F)cc1CC1CCNCC1. The van der Waals surface area contributed by atoms with Crippen LogP contribution in [0.3, 0.4) is 0 Å². The van der Waals surface area contributed by atoms with Gasteiger partial charge in [-0.2, -0.15) is 0 Å². The van der Waals surface area contributed by atoms with Crippen LogP contribution in [0.25, 0.3) is 0 Å². The van der Waals surface area contributed by atoms with Gasteiger partial charge in [-0.05, 0) is 68.5 Å². The maximum Gasteiger partial charge on any atom is 0.124 e. The average Bonchev–Trinajstić information content (AvgIpc) is 2.27. The Hall–Kier alpha value is -0.410. The molecule has 1 N–H and O–H groups in total. The molecule has 1 saturated heterocycles. The molecule has 16 heavy (non-hydrogen) atoms. The van der Waals surface area contributed by atoms with Crippen LogP contribution in [0.1, 0.15) is 24.0 Å². The maximum atomic E-state index is 13.3. The summed E-state index contributed by atoms with van der Waals surface area (Å²) >= 11 is 3.41. The number of piperidine rings is 1. The molecule has 0 radical (unpaired) electrons. The minimum Gasteiger partial charge on any atom is -0.317 e. The fourth-order valence-electron chi connectivity index (χ4n) is 2.31. The van der Waals surface area contributed by atoms with E-state index in [0.29, 0.717) is 5.92 Å². The first-order chi connectivity index (χ1) is 7.66. The van der Waals surface area contributed by atoms with Crippen molar-refractivity contribution in [3.63, 3.8) is 0 Å². The Bertz CT molecular complexity index is 372. The summed E-state index contributed by atoms with van der Waals surface area (Å²) < 4.78 is 14.2. The molecule has 0 spiro atoms. The summed E-state index contributed by atoms with van der Waals surface area (Å²) in [6.07, 6.45) is 3.41. The second-order valence-corrected chi connectivity index (χ2v) is 5.42. The van der Waals surface area contributed by atoms with Crippen LogP contribution >= 0.6 is 15.9 Å². The molecule has 1 fully saturated rings. The average molecular weight is 286 g/mol. The Kier molecular flexibility index (Phi) is 3.98. The first-order valence-corrected chi connectivity index (χ1v) is 6.61. The minimum atomic E-state index is -0.138. The third-order valence-corrected chi connectivity index (χ3v) is 4.21. The van der Waals surface area contributed by atoms with Gasteiger partial charge in [0.1, 0.15) is 5.82 Å². The smallest absolute Gasteiger partial charge is 0.124 e. The van der Waals surface area contributed by atoms with Crippen LogP contribution in [0, 0.1) is 18.7 Å². The van der Waals surface area contributed by atoms with Crippen LogP contribution in [0.5, 0.6) is 0 Å². The number of rotatable bonds is 2. The summed E-state index contributed by atoms with van der Waals surface area (Å²) in [5.74, 6) is 0.565. The van der Waals surface area contributed by atoms with Crippen molar-refractivity contribution in [2.75, 3.05) is 13.1 Å². The van der Waals surface area contributed by atoms with E-state index in [1.54, 1.807) is 12.1 Å². The van der Waals surface area contributed by atoms with Gasteiger partial charge in [-0.3, -0.25) is 0 Å². The zero-order valence-corrected chi connectivity index (χ0v) is 11.1. The molecule has 1 aromatic carbocycles. The van der Waals surface area contributed by atoms with Crippen LogP contribution < -0.4 is 5.32 Å². The number of hydrogen-bond acceptors (Lipinski definition) is 1. The molecule has 0 atom stereocenters. The second-order valence-electron chi connectivity index (χ2n) is 4.57. The zero-order chi connectivity index (χ0) is 11.5. The van der Waals surface area contributed by atoms with E-state index >= 15 is 0 Å². The predicted octanol–water partition coefficient (Wildman–Crippen LogP) is 3.44. The molecule has 1 heterocycles. The van der Waals surface area contributed by atoms with Crippen molar-refractivity contribution < 1.29 is 4.39 Å². The molecule has 0 aromatic heterocycles. The Labute approximate surface area is 105 Å². The van der Waals surface area contributed by atoms with Crippen molar-refractivity contribution in [3.05, 3.63) is 33.5 Å². The van der Waals surface area contributed by atoms with Crippen LogP contribution in [0.15, 0.2) is 16.6 Å². The molecular formula is C13H17BrFN. The third-order valence-electron chi connectivity index (χ3n) is 3.38. The highest BCUT2D eigenvalue weighted by Crippen LogP contribution is 2.26. The highest BCUT2D eigenvalue weighted by atomic mass is 79.9. The van der Waals surface area contributed by atoms with E-state index < -0.39 is 0 Å². The fourth-order valence-corrected chi connectivity index (χ4v) is 2.78. The summed E-state index contributed by atoms with van der Waals surface area (Å²) in [5, 5.41) is 3.35. The van der Waals surface area contributed by atoms with Gasteiger partial charge in [0, 0.05) is 4.47 Å². The Morgan fingerprint density at radius 2 is 2.06 bits per heavy atom. The summed E-state index contributed by atoms with van der Waals surface area (Å²) in [4.78, 5) is 0. The summed E-state index contributed by atoms with van der Waals surface area (Å²) in [7, 11) is 0. The van der Waals surface area contributed by atoms with Gasteiger partial charge < -0.3 is 5.32 Å². The van der Waals surface area contributed by atoms with Crippen molar-refractivity contribution in [3.8, 4) is 0 Å². The third kappa shape index (κ3) is 2.83. The van der Waals surface area contributed by atoms with E-state index in [9.17, 15) is 4.39 Å². The van der Waals surface area contributed by atoms with E-state index in [0.717, 1.165) is 29.5 Å². The van der Waals surface area contributed by atoms with E-state index in [1.807, 2.05) is 0 Å². The minimum absolute atomic E-state index is 0.138. The van der Waals surface area contributed by atoms with Gasteiger partial charge in [0.15, 0.2) is 0 Å². The molecule has 1 aromatic rings. The molecule has 0 unspecified atom stereocenters. The van der Waals surface area contributed by atoms with Crippen molar-refractivity contribution in [2.24, 2.45) is 5.92 Å². The van der Waals surface area contributed by atoms with Crippen LogP contribution in [0.2, 0.25) is 0 Å². The van der Waals surface area contributed by atoms with Crippen LogP contribution in [-0.4, -0.2) is 13.1 Å². The molecule has 0 bridgehead atoms. The van der Waals surface area contributed by atoms with Crippen LogP contribution in [-0.2, 0) is 6.42 Å². The molecule has 2 rings (SSSR count). The van der Waals surface area contributed by atoms with Crippen molar-refractivity contribution >= 4 is 15.9 Å². The lowest BCUT2D eigenvalue weighted by molar-refractivity contribution is 0.372. The highest BCUT2D eigenvalue weighted by molar-refractivity contribution is 9.10. The van der Waals surface area contributed by atoms with Crippen LogP contribution in [0.4, 0.5) is 4.39 Å². The molecule has 1 aliphatic rings. The van der Waals surface area contributed by atoms with Crippen molar-refractivity contribution in [1.82, 2.24) is 5.32 Å². The highest BCUT2D eigenvalue weighted by Gasteiger charge is 2.15. The molecule has 0 aliphatic carbocycles. The maximum absolute atomic E-state index is 13.3. The number of hydrogen-bond donors (Lipinski definition) is 1. The van der Waals surface area contributed by atoms with Gasteiger partial charge in [0.05, 0.1) is 0 Å². The van der Waals surface area contributed by atoms with E-state index in [1.165, 1.54) is 18.4 Å². The van der Waals surface area contributed by atoms with Crippen molar-refractivity contribution in [2.45, 2.75) is 26.2 Å².